The third kappa shape index (κ3) is 8.39. The number of rotatable bonds is 13. The van der Waals surface area contributed by atoms with Crippen LogP contribution in [0.2, 0.25) is 0 Å². The van der Waals surface area contributed by atoms with Crippen molar-refractivity contribution in [3.8, 4) is 22.9 Å². The van der Waals surface area contributed by atoms with Crippen LogP contribution in [-0.4, -0.2) is 61.7 Å². The number of H-pyrrole nitrogens is 1. The van der Waals surface area contributed by atoms with Crippen LogP contribution in [0, 0.1) is 0 Å². The molecule has 0 spiro atoms. The lowest BCUT2D eigenvalue weighted by Gasteiger charge is -2.17. The summed E-state index contributed by atoms with van der Waals surface area (Å²) in [5.41, 5.74) is 2.81. The van der Waals surface area contributed by atoms with Crippen LogP contribution in [0.5, 0.6) is 11.5 Å². The van der Waals surface area contributed by atoms with Gasteiger partial charge in [-0.2, -0.15) is 0 Å². The zero-order valence-corrected chi connectivity index (χ0v) is 21.1. The number of nitrogens with zero attached hydrogens (tertiary/aromatic N) is 2. The van der Waals surface area contributed by atoms with Gasteiger partial charge in [-0.15, -0.1) is 0 Å². The second-order valence-electron chi connectivity index (χ2n) is 8.46. The maximum Gasteiger partial charge on any atom is 0.251 e. The summed E-state index contributed by atoms with van der Waals surface area (Å²) in [5, 5.41) is 2.97. The number of methoxy groups -OCH3 is 2. The van der Waals surface area contributed by atoms with Crippen molar-refractivity contribution in [1.29, 1.82) is 0 Å². The smallest absolute Gasteiger partial charge is 0.251 e. The molecule has 36 heavy (non-hydrogen) atoms. The minimum absolute atomic E-state index is 0.00177. The number of hydrogen-bond donors (Lipinski definition) is 2. The lowest BCUT2D eigenvalue weighted by Crippen LogP contribution is -2.28. The molecule has 0 unspecified atom stereocenters. The highest BCUT2D eigenvalue weighted by molar-refractivity contribution is 5.78. The average molecular weight is 491 g/mol. The van der Waals surface area contributed by atoms with E-state index < -0.39 is 0 Å². The molecule has 0 aliphatic heterocycles. The average Bonchev–Trinajstić information content (AvgIpc) is 2.90. The number of aromatic amines is 1. The van der Waals surface area contributed by atoms with Crippen molar-refractivity contribution < 1.29 is 14.3 Å². The van der Waals surface area contributed by atoms with Gasteiger partial charge in [-0.1, -0.05) is 42.5 Å². The first-order valence-electron chi connectivity index (χ1n) is 12.0. The van der Waals surface area contributed by atoms with E-state index in [1.54, 1.807) is 14.2 Å². The molecule has 1 amide bonds. The lowest BCUT2D eigenvalue weighted by molar-refractivity contribution is -0.120. The minimum atomic E-state index is -0.184. The van der Waals surface area contributed by atoms with Crippen LogP contribution in [0.1, 0.15) is 24.0 Å². The molecule has 8 heteroatoms. The monoisotopic (exact) mass is 490 g/mol. The highest BCUT2D eigenvalue weighted by atomic mass is 16.5. The molecule has 0 fully saturated rings. The summed E-state index contributed by atoms with van der Waals surface area (Å²) in [6, 6.07) is 15.0. The quantitative estimate of drug-likeness (QED) is 0.356. The number of carbonyl (C=O) groups excluding carboxylic acids is 1. The number of nitrogens with one attached hydrogen (secondary N) is 2. The fourth-order valence-corrected chi connectivity index (χ4v) is 3.69. The summed E-state index contributed by atoms with van der Waals surface area (Å²) in [6.07, 6.45) is 7.36. The van der Waals surface area contributed by atoms with Gasteiger partial charge in [-0.05, 0) is 49.7 Å². The van der Waals surface area contributed by atoms with Gasteiger partial charge in [0, 0.05) is 37.3 Å². The fourth-order valence-electron chi connectivity index (χ4n) is 3.69. The van der Waals surface area contributed by atoms with Crippen molar-refractivity contribution in [1.82, 2.24) is 20.2 Å². The molecule has 0 aliphatic carbocycles. The van der Waals surface area contributed by atoms with Crippen molar-refractivity contribution in [2.45, 2.75) is 19.3 Å². The maximum absolute atomic E-state index is 12.1. The van der Waals surface area contributed by atoms with E-state index in [0.29, 0.717) is 18.8 Å². The summed E-state index contributed by atoms with van der Waals surface area (Å²) in [7, 11) is 5.36. The summed E-state index contributed by atoms with van der Waals surface area (Å²) in [4.78, 5) is 32.7. The van der Waals surface area contributed by atoms with E-state index in [4.69, 9.17) is 9.47 Å². The topological polar surface area (TPSA) is 96.5 Å². The van der Waals surface area contributed by atoms with Crippen molar-refractivity contribution >= 4 is 12.0 Å². The zero-order valence-electron chi connectivity index (χ0n) is 21.1. The van der Waals surface area contributed by atoms with Gasteiger partial charge in [0.15, 0.2) is 11.5 Å². The summed E-state index contributed by atoms with van der Waals surface area (Å²) >= 11 is 0. The summed E-state index contributed by atoms with van der Waals surface area (Å²) in [6.45, 7) is 2.46. The maximum atomic E-state index is 12.1. The molecule has 1 heterocycles. The Morgan fingerprint density at radius 1 is 1.06 bits per heavy atom. The van der Waals surface area contributed by atoms with Crippen LogP contribution in [0.4, 0.5) is 0 Å². The number of benzene rings is 2. The van der Waals surface area contributed by atoms with Crippen molar-refractivity contribution in [2.24, 2.45) is 0 Å². The van der Waals surface area contributed by atoms with Crippen LogP contribution in [-0.2, 0) is 11.2 Å². The molecule has 0 aliphatic rings. The Morgan fingerprint density at radius 3 is 2.56 bits per heavy atom. The first-order chi connectivity index (χ1) is 17.5. The first-order valence-corrected chi connectivity index (χ1v) is 12.0. The molecule has 1 aromatic heterocycles. The summed E-state index contributed by atoms with van der Waals surface area (Å²) < 4.78 is 10.7. The van der Waals surface area contributed by atoms with Gasteiger partial charge >= 0.3 is 0 Å². The number of hydrogen-bond acceptors (Lipinski definition) is 6. The number of aromatic nitrogens is 2. The first kappa shape index (κ1) is 26.7. The molecular formula is C28H34N4O4. The normalized spacial score (nSPS) is 11.1. The van der Waals surface area contributed by atoms with Crippen LogP contribution in [0.3, 0.4) is 0 Å². The molecular weight excluding hydrogens is 456 g/mol. The Hall–Kier alpha value is -3.91. The van der Waals surface area contributed by atoms with E-state index in [1.165, 1.54) is 17.8 Å². The molecule has 2 aromatic carbocycles. The number of amides is 1. The van der Waals surface area contributed by atoms with Crippen molar-refractivity contribution in [3.05, 3.63) is 82.3 Å². The SMILES string of the molecule is COc1ccc(CCN(C)CCCNC(=O)CC=Cc2ccc(-c3nccc(=O)[nH]3)cc2)cc1OC. The second kappa shape index (κ2) is 13.8. The third-order valence-electron chi connectivity index (χ3n) is 5.74. The molecule has 0 saturated heterocycles. The molecule has 2 N–H and O–H groups in total. The molecule has 190 valence electrons. The number of ether oxygens (including phenoxy) is 2. The molecule has 0 radical (unpaired) electrons. The Morgan fingerprint density at radius 2 is 1.83 bits per heavy atom. The number of carbonyl (C=O) groups is 1. The van der Waals surface area contributed by atoms with Crippen LogP contribution < -0.4 is 20.3 Å². The zero-order chi connectivity index (χ0) is 25.8. The predicted molar refractivity (Wildman–Crippen MR) is 142 cm³/mol. The summed E-state index contributed by atoms with van der Waals surface area (Å²) in [5.74, 6) is 2.01. The van der Waals surface area contributed by atoms with Gasteiger partial charge < -0.3 is 24.7 Å². The molecule has 0 saturated carbocycles. The molecule has 0 atom stereocenters. The third-order valence-corrected chi connectivity index (χ3v) is 5.74. The van der Waals surface area contributed by atoms with E-state index in [0.717, 1.165) is 48.6 Å². The standard InChI is InChI=1S/C28H34N4O4/c1-32(19-15-22-10-13-24(35-2)25(20-22)36-3)18-5-16-29-26(33)7-4-6-21-8-11-23(12-9-21)28-30-17-14-27(34)31-28/h4,6,8-14,17,20H,5,7,15-16,18-19H2,1-3H3,(H,29,33)(H,30,31,34). The minimum Gasteiger partial charge on any atom is -0.493 e. The van der Waals surface area contributed by atoms with Crippen LogP contribution in [0.15, 0.2) is 65.6 Å². The molecule has 0 bridgehead atoms. The van der Waals surface area contributed by atoms with Gasteiger partial charge in [0.05, 0.1) is 14.2 Å². The van der Waals surface area contributed by atoms with Gasteiger partial charge in [-0.3, -0.25) is 9.59 Å². The highest BCUT2D eigenvalue weighted by Crippen LogP contribution is 2.27. The van der Waals surface area contributed by atoms with E-state index in [9.17, 15) is 9.59 Å². The Bertz CT molecular complexity index is 1200. The predicted octanol–water partition coefficient (Wildman–Crippen LogP) is 3.54. The fraction of sp³-hybridized carbons (Fsp3) is 0.321. The molecule has 8 nitrogen and oxygen atoms in total. The van der Waals surface area contributed by atoms with E-state index in [1.807, 2.05) is 48.6 Å². The van der Waals surface area contributed by atoms with Gasteiger partial charge in [0.25, 0.3) is 5.56 Å². The highest BCUT2D eigenvalue weighted by Gasteiger charge is 2.06. The van der Waals surface area contributed by atoms with Crippen molar-refractivity contribution in [2.75, 3.05) is 40.9 Å². The molecule has 3 aromatic rings. The van der Waals surface area contributed by atoms with E-state index in [2.05, 4.69) is 33.3 Å². The Kier molecular flexibility index (Phi) is 10.3. The van der Waals surface area contributed by atoms with Gasteiger partial charge in [0.2, 0.25) is 5.91 Å². The number of likely N-dealkylation sites (N-methyl/N-ethyl adjacent to an activating group) is 1. The lowest BCUT2D eigenvalue weighted by atomic mass is 10.1. The van der Waals surface area contributed by atoms with Gasteiger partial charge in [-0.25, -0.2) is 4.98 Å². The largest absolute Gasteiger partial charge is 0.493 e. The van der Waals surface area contributed by atoms with Crippen LogP contribution in [0.25, 0.3) is 17.5 Å². The van der Waals surface area contributed by atoms with E-state index >= 15 is 0 Å². The molecule has 3 rings (SSSR count). The van der Waals surface area contributed by atoms with Crippen molar-refractivity contribution in [3.63, 3.8) is 0 Å². The Labute approximate surface area is 212 Å². The van der Waals surface area contributed by atoms with Gasteiger partial charge in [0.1, 0.15) is 5.82 Å². The second-order valence-corrected chi connectivity index (χ2v) is 8.46. The Balaban J connectivity index is 1.32. The van der Waals surface area contributed by atoms with E-state index in [-0.39, 0.29) is 11.5 Å². The van der Waals surface area contributed by atoms with Crippen LogP contribution >= 0.6 is 0 Å².